The number of pyridine rings is 1. The maximum atomic E-state index is 12.8. The lowest BCUT2D eigenvalue weighted by Crippen LogP contribution is -2.33. The van der Waals surface area contributed by atoms with Gasteiger partial charge < -0.3 is 10.3 Å². The molecule has 114 valence electrons. The summed E-state index contributed by atoms with van der Waals surface area (Å²) in [4.78, 5) is 12.8. The number of amidine groups is 1. The van der Waals surface area contributed by atoms with Crippen molar-refractivity contribution in [1.82, 2.24) is 4.57 Å². The fourth-order valence-electron chi connectivity index (χ4n) is 3.30. The van der Waals surface area contributed by atoms with E-state index in [2.05, 4.69) is 0 Å². The average Bonchev–Trinajstić information content (AvgIpc) is 2.55. The molecule has 0 radical (unpaired) electrons. The number of aromatic nitrogens is 1. The van der Waals surface area contributed by atoms with Crippen LogP contribution in [0.2, 0.25) is 0 Å². The number of nitrogens with zero attached hydrogens (tertiary/aromatic N) is 1. The summed E-state index contributed by atoms with van der Waals surface area (Å²) >= 11 is 0. The summed E-state index contributed by atoms with van der Waals surface area (Å²) in [5.74, 6) is -0.158. The zero-order chi connectivity index (χ0) is 15.5. The minimum Gasteiger partial charge on any atom is -0.384 e. The Morgan fingerprint density at radius 3 is 2.36 bits per heavy atom. The third kappa shape index (κ3) is 2.69. The fourth-order valence-corrected chi connectivity index (χ4v) is 3.30. The number of benzene rings is 1. The normalized spacial score (nSPS) is 15.6. The van der Waals surface area contributed by atoms with Gasteiger partial charge in [-0.2, -0.15) is 0 Å². The van der Waals surface area contributed by atoms with Crippen molar-refractivity contribution in [3.8, 4) is 11.3 Å². The van der Waals surface area contributed by atoms with E-state index in [0.29, 0.717) is 5.56 Å². The molecule has 1 heterocycles. The average molecular weight is 295 g/mol. The summed E-state index contributed by atoms with van der Waals surface area (Å²) < 4.78 is 1.87. The number of hydrogen-bond acceptors (Lipinski definition) is 2. The first-order valence-corrected chi connectivity index (χ1v) is 7.84. The molecule has 1 aromatic carbocycles. The van der Waals surface area contributed by atoms with Gasteiger partial charge in [-0.3, -0.25) is 10.2 Å². The molecule has 0 bridgehead atoms. The number of nitrogen functional groups attached to an aromatic ring is 1. The Kier molecular flexibility index (Phi) is 4.09. The van der Waals surface area contributed by atoms with Gasteiger partial charge in [-0.25, -0.2) is 0 Å². The summed E-state index contributed by atoms with van der Waals surface area (Å²) in [6, 6.07) is 13.7. The highest BCUT2D eigenvalue weighted by atomic mass is 16.1. The van der Waals surface area contributed by atoms with Crippen molar-refractivity contribution in [2.24, 2.45) is 5.73 Å². The Labute approximate surface area is 130 Å². The molecule has 22 heavy (non-hydrogen) atoms. The van der Waals surface area contributed by atoms with Crippen LogP contribution in [0.4, 0.5) is 0 Å². The third-order valence-corrected chi connectivity index (χ3v) is 4.42. The first-order chi connectivity index (χ1) is 10.7. The molecule has 0 saturated heterocycles. The Hall–Kier alpha value is -2.36. The van der Waals surface area contributed by atoms with E-state index in [4.69, 9.17) is 11.1 Å². The summed E-state index contributed by atoms with van der Waals surface area (Å²) in [7, 11) is 0. The van der Waals surface area contributed by atoms with Crippen molar-refractivity contribution in [2.75, 3.05) is 0 Å². The first kappa shape index (κ1) is 14.6. The molecule has 0 atom stereocenters. The standard InChI is InChI=1S/C18H21N3O/c19-17(20)15-11-12-16(13-7-3-1-4-8-13)21(18(15)22)14-9-5-2-6-10-14/h1,3-4,7-8,11-12,14H,2,5-6,9-10H2,(H3,19,20). The molecule has 1 saturated carbocycles. The van der Waals surface area contributed by atoms with Crippen molar-refractivity contribution in [1.29, 1.82) is 5.41 Å². The summed E-state index contributed by atoms with van der Waals surface area (Å²) in [5, 5.41) is 7.63. The lowest BCUT2D eigenvalue weighted by molar-refractivity contribution is 0.349. The van der Waals surface area contributed by atoms with Gasteiger partial charge in [0.2, 0.25) is 0 Å². The highest BCUT2D eigenvalue weighted by molar-refractivity contribution is 5.94. The van der Waals surface area contributed by atoms with Crippen LogP contribution in [-0.2, 0) is 0 Å². The third-order valence-electron chi connectivity index (χ3n) is 4.42. The SMILES string of the molecule is N=C(N)c1ccc(-c2ccccc2)n(C2CCCCC2)c1=O. The van der Waals surface area contributed by atoms with E-state index >= 15 is 0 Å². The van der Waals surface area contributed by atoms with E-state index < -0.39 is 0 Å². The van der Waals surface area contributed by atoms with Gasteiger partial charge in [0.25, 0.3) is 5.56 Å². The van der Waals surface area contributed by atoms with E-state index in [1.54, 1.807) is 6.07 Å². The Bertz CT molecular complexity index is 728. The van der Waals surface area contributed by atoms with Gasteiger partial charge in [0.1, 0.15) is 5.84 Å². The Balaban J connectivity index is 2.19. The molecule has 0 amide bonds. The molecule has 1 fully saturated rings. The van der Waals surface area contributed by atoms with Gasteiger partial charge in [0.15, 0.2) is 0 Å². The van der Waals surface area contributed by atoms with Gasteiger partial charge in [-0.05, 0) is 30.5 Å². The first-order valence-electron chi connectivity index (χ1n) is 7.84. The molecule has 4 nitrogen and oxygen atoms in total. The molecule has 4 heteroatoms. The van der Waals surface area contributed by atoms with Crippen LogP contribution in [0, 0.1) is 5.41 Å². The van der Waals surface area contributed by atoms with Crippen molar-refractivity contribution in [3.63, 3.8) is 0 Å². The van der Waals surface area contributed by atoms with E-state index in [1.807, 2.05) is 41.0 Å². The van der Waals surface area contributed by atoms with Crippen LogP contribution in [0.15, 0.2) is 47.3 Å². The van der Waals surface area contributed by atoms with Crippen molar-refractivity contribution >= 4 is 5.84 Å². The predicted molar refractivity (Wildman–Crippen MR) is 89.3 cm³/mol. The Morgan fingerprint density at radius 1 is 1.05 bits per heavy atom. The van der Waals surface area contributed by atoms with Crippen molar-refractivity contribution in [2.45, 2.75) is 38.1 Å². The molecule has 0 unspecified atom stereocenters. The zero-order valence-electron chi connectivity index (χ0n) is 12.6. The maximum absolute atomic E-state index is 12.8. The molecule has 0 spiro atoms. The van der Waals surface area contributed by atoms with E-state index in [-0.39, 0.29) is 17.4 Å². The minimum absolute atomic E-state index is 0.138. The molecule has 2 aromatic rings. The summed E-state index contributed by atoms with van der Waals surface area (Å²) in [6.45, 7) is 0. The molecular formula is C18H21N3O. The molecular weight excluding hydrogens is 274 g/mol. The van der Waals surface area contributed by atoms with Crippen LogP contribution < -0.4 is 11.3 Å². The monoisotopic (exact) mass is 295 g/mol. The van der Waals surface area contributed by atoms with Crippen LogP contribution in [-0.4, -0.2) is 10.4 Å². The molecule has 1 aromatic heterocycles. The summed E-state index contributed by atoms with van der Waals surface area (Å²) in [5.41, 5.74) is 7.68. The second-order valence-corrected chi connectivity index (χ2v) is 5.88. The topological polar surface area (TPSA) is 71.9 Å². The zero-order valence-corrected chi connectivity index (χ0v) is 12.6. The molecule has 1 aliphatic rings. The highest BCUT2D eigenvalue weighted by Crippen LogP contribution is 2.31. The van der Waals surface area contributed by atoms with Crippen LogP contribution in [0.5, 0.6) is 0 Å². The van der Waals surface area contributed by atoms with Crippen LogP contribution in [0.3, 0.4) is 0 Å². The Morgan fingerprint density at radius 2 is 1.73 bits per heavy atom. The molecule has 1 aliphatic carbocycles. The van der Waals surface area contributed by atoms with Crippen molar-refractivity contribution < 1.29 is 0 Å². The van der Waals surface area contributed by atoms with Gasteiger partial charge in [0, 0.05) is 6.04 Å². The van der Waals surface area contributed by atoms with Gasteiger partial charge in [0.05, 0.1) is 11.3 Å². The quantitative estimate of drug-likeness (QED) is 0.673. The number of rotatable bonds is 3. The summed E-state index contributed by atoms with van der Waals surface area (Å²) in [6.07, 6.45) is 5.56. The van der Waals surface area contributed by atoms with Gasteiger partial charge >= 0.3 is 0 Å². The smallest absolute Gasteiger partial charge is 0.262 e. The number of nitrogens with two attached hydrogens (primary N) is 1. The van der Waals surface area contributed by atoms with Gasteiger partial charge in [-0.15, -0.1) is 0 Å². The maximum Gasteiger partial charge on any atom is 0.262 e. The molecule has 0 aliphatic heterocycles. The van der Waals surface area contributed by atoms with Crippen LogP contribution in [0.25, 0.3) is 11.3 Å². The molecule has 3 rings (SSSR count). The minimum atomic E-state index is -0.158. The predicted octanol–water partition coefficient (Wildman–Crippen LogP) is 3.30. The fraction of sp³-hybridized carbons (Fsp3) is 0.333. The number of hydrogen-bond donors (Lipinski definition) is 2. The largest absolute Gasteiger partial charge is 0.384 e. The van der Waals surface area contributed by atoms with Gasteiger partial charge in [-0.1, -0.05) is 49.6 Å². The number of nitrogens with one attached hydrogen (secondary N) is 1. The highest BCUT2D eigenvalue weighted by Gasteiger charge is 2.21. The van der Waals surface area contributed by atoms with Crippen LogP contribution in [0.1, 0.15) is 43.7 Å². The van der Waals surface area contributed by atoms with Crippen molar-refractivity contribution in [3.05, 3.63) is 58.4 Å². The van der Waals surface area contributed by atoms with E-state index in [0.717, 1.165) is 36.9 Å². The lowest BCUT2D eigenvalue weighted by atomic mass is 9.94. The van der Waals surface area contributed by atoms with E-state index in [9.17, 15) is 4.79 Å². The molecule has 3 N–H and O–H groups in total. The second-order valence-electron chi connectivity index (χ2n) is 5.88. The van der Waals surface area contributed by atoms with E-state index in [1.165, 1.54) is 6.42 Å². The lowest BCUT2D eigenvalue weighted by Gasteiger charge is -2.27. The second kappa shape index (κ2) is 6.18. The van der Waals surface area contributed by atoms with Crippen LogP contribution >= 0.6 is 0 Å².